The summed E-state index contributed by atoms with van der Waals surface area (Å²) in [5.41, 5.74) is 1.91. The van der Waals surface area contributed by atoms with Gasteiger partial charge in [0.15, 0.2) is 5.76 Å². The third kappa shape index (κ3) is 4.11. The predicted octanol–water partition coefficient (Wildman–Crippen LogP) is 0.847. The number of nitrogens with one attached hydrogen (secondary N) is 1. The summed E-state index contributed by atoms with van der Waals surface area (Å²) in [5, 5.41) is 6.40. The number of carbonyl (C=O) groups is 3. The molecule has 1 aromatic carbocycles. The Hall–Kier alpha value is -3.24. The van der Waals surface area contributed by atoms with Gasteiger partial charge in [-0.25, -0.2) is 0 Å². The molecule has 1 atom stereocenters. The first kappa shape index (κ1) is 20.7. The van der Waals surface area contributed by atoms with E-state index in [0.717, 1.165) is 37.6 Å². The van der Waals surface area contributed by atoms with Crippen LogP contribution < -0.4 is 10.1 Å². The molecule has 2 saturated heterocycles. The Morgan fingerprint density at radius 3 is 2.84 bits per heavy atom. The Morgan fingerprint density at radius 1 is 1.19 bits per heavy atom. The van der Waals surface area contributed by atoms with Crippen LogP contribution in [0.2, 0.25) is 0 Å². The van der Waals surface area contributed by atoms with Crippen molar-refractivity contribution in [1.29, 1.82) is 0 Å². The van der Waals surface area contributed by atoms with Gasteiger partial charge in [-0.1, -0.05) is 11.2 Å². The third-order valence-electron chi connectivity index (χ3n) is 6.01. The van der Waals surface area contributed by atoms with Crippen molar-refractivity contribution in [2.45, 2.75) is 38.6 Å². The summed E-state index contributed by atoms with van der Waals surface area (Å²) in [6.07, 6.45) is 0.546. The summed E-state index contributed by atoms with van der Waals surface area (Å²) in [6.45, 7) is 4.30. The van der Waals surface area contributed by atoms with Crippen molar-refractivity contribution in [3.05, 3.63) is 46.8 Å². The van der Waals surface area contributed by atoms with E-state index in [1.54, 1.807) is 18.2 Å². The van der Waals surface area contributed by atoms with E-state index in [-0.39, 0.29) is 31.4 Å². The van der Waals surface area contributed by atoms with Crippen LogP contribution in [0.25, 0.3) is 0 Å². The molecule has 0 saturated carbocycles. The molecule has 0 bridgehead atoms. The van der Waals surface area contributed by atoms with Crippen molar-refractivity contribution >= 4 is 17.7 Å². The molecule has 1 unspecified atom stereocenters. The van der Waals surface area contributed by atoms with Crippen molar-refractivity contribution in [3.63, 3.8) is 0 Å². The topological polar surface area (TPSA) is 114 Å². The summed E-state index contributed by atoms with van der Waals surface area (Å²) in [4.78, 5) is 40.3. The van der Waals surface area contributed by atoms with Crippen molar-refractivity contribution in [2.75, 3.05) is 26.3 Å². The van der Waals surface area contributed by atoms with Gasteiger partial charge in [-0.05, 0) is 18.6 Å². The number of fused-ring (bicyclic) bond motifs is 1. The van der Waals surface area contributed by atoms with E-state index in [4.69, 9.17) is 14.0 Å². The summed E-state index contributed by atoms with van der Waals surface area (Å²) in [7, 11) is 0. The zero-order chi connectivity index (χ0) is 22.1. The van der Waals surface area contributed by atoms with Crippen LogP contribution in [0.3, 0.4) is 0 Å². The molecule has 0 radical (unpaired) electrons. The minimum absolute atomic E-state index is 0.204. The number of hydrogen-bond donors (Lipinski definition) is 1. The second-order valence-electron chi connectivity index (χ2n) is 8.14. The molecule has 2 fully saturated rings. The van der Waals surface area contributed by atoms with E-state index < -0.39 is 11.9 Å². The standard InChI is InChI=1S/C22H24N4O6/c27-20-5-4-18(21(28)23-20)26-12-17-16(22(26)29)2-1-3-19(17)31-13-14-10-15(32-24-14)11-25-6-8-30-9-7-25/h1-3,10,18H,4-9,11-13H2,(H,23,27,28). The molecule has 2 aromatic rings. The maximum atomic E-state index is 12.9. The lowest BCUT2D eigenvalue weighted by atomic mass is 10.0. The monoisotopic (exact) mass is 440 g/mol. The molecule has 3 aliphatic rings. The smallest absolute Gasteiger partial charge is 0.255 e. The average molecular weight is 440 g/mol. The molecule has 10 heteroatoms. The normalized spacial score (nSPS) is 21.6. The zero-order valence-corrected chi connectivity index (χ0v) is 17.5. The number of carbonyl (C=O) groups excluding carboxylic acids is 3. The van der Waals surface area contributed by atoms with E-state index in [9.17, 15) is 14.4 Å². The third-order valence-corrected chi connectivity index (χ3v) is 6.01. The van der Waals surface area contributed by atoms with Gasteiger partial charge in [0, 0.05) is 36.7 Å². The molecule has 1 aromatic heterocycles. The Balaban J connectivity index is 1.24. The van der Waals surface area contributed by atoms with Crippen molar-refractivity contribution in [3.8, 4) is 5.75 Å². The number of rotatable bonds is 6. The second kappa shape index (κ2) is 8.71. The first-order chi connectivity index (χ1) is 15.6. The number of benzene rings is 1. The number of nitrogens with zero attached hydrogens (tertiary/aromatic N) is 3. The Bertz CT molecular complexity index is 1040. The van der Waals surface area contributed by atoms with E-state index in [2.05, 4.69) is 15.4 Å². The van der Waals surface area contributed by atoms with Crippen molar-refractivity contribution in [1.82, 2.24) is 20.3 Å². The summed E-state index contributed by atoms with van der Waals surface area (Å²) >= 11 is 0. The maximum absolute atomic E-state index is 12.9. The highest BCUT2D eigenvalue weighted by molar-refractivity contribution is 6.05. The van der Waals surface area contributed by atoms with Gasteiger partial charge in [0.25, 0.3) is 5.91 Å². The van der Waals surface area contributed by atoms with E-state index in [1.165, 1.54) is 4.90 Å². The Kier molecular flexibility index (Phi) is 5.62. The summed E-state index contributed by atoms with van der Waals surface area (Å²) in [6, 6.07) is 6.51. The molecule has 3 amide bonds. The van der Waals surface area contributed by atoms with Gasteiger partial charge in [-0.3, -0.25) is 24.6 Å². The highest BCUT2D eigenvalue weighted by atomic mass is 16.5. The van der Waals surface area contributed by atoms with Crippen molar-refractivity contribution in [2.24, 2.45) is 0 Å². The Morgan fingerprint density at radius 2 is 2.03 bits per heavy atom. The lowest BCUT2D eigenvalue weighted by molar-refractivity contribution is -0.136. The van der Waals surface area contributed by atoms with Gasteiger partial charge < -0.3 is 18.9 Å². The van der Waals surface area contributed by atoms with Crippen LogP contribution in [0.5, 0.6) is 5.75 Å². The lowest BCUT2D eigenvalue weighted by Gasteiger charge is -2.29. The summed E-state index contributed by atoms with van der Waals surface area (Å²) in [5.74, 6) is 0.376. The molecule has 32 heavy (non-hydrogen) atoms. The number of imide groups is 1. The highest BCUT2D eigenvalue weighted by Gasteiger charge is 2.40. The fraction of sp³-hybridized carbons (Fsp3) is 0.455. The Labute approximate surface area is 184 Å². The fourth-order valence-corrected chi connectivity index (χ4v) is 4.32. The van der Waals surface area contributed by atoms with Gasteiger partial charge in [0.05, 0.1) is 26.3 Å². The molecule has 10 nitrogen and oxygen atoms in total. The number of morpholine rings is 1. The van der Waals surface area contributed by atoms with Crippen LogP contribution in [-0.2, 0) is 34.0 Å². The minimum Gasteiger partial charge on any atom is -0.487 e. The largest absolute Gasteiger partial charge is 0.487 e. The molecule has 0 spiro atoms. The van der Waals surface area contributed by atoms with Gasteiger partial charge in [0.1, 0.15) is 24.1 Å². The van der Waals surface area contributed by atoms with E-state index in [0.29, 0.717) is 30.0 Å². The molecular formula is C22H24N4O6. The van der Waals surface area contributed by atoms with Crippen LogP contribution in [0.4, 0.5) is 0 Å². The maximum Gasteiger partial charge on any atom is 0.255 e. The van der Waals surface area contributed by atoms with E-state index in [1.807, 2.05) is 6.07 Å². The second-order valence-corrected chi connectivity index (χ2v) is 8.14. The van der Waals surface area contributed by atoms with Crippen molar-refractivity contribution < 1.29 is 28.4 Å². The first-order valence-corrected chi connectivity index (χ1v) is 10.7. The van der Waals surface area contributed by atoms with Gasteiger partial charge in [-0.15, -0.1) is 0 Å². The number of amides is 3. The molecule has 0 aliphatic carbocycles. The molecule has 3 aliphatic heterocycles. The van der Waals surface area contributed by atoms with Crippen LogP contribution in [0, 0.1) is 0 Å². The fourth-order valence-electron chi connectivity index (χ4n) is 4.32. The molecule has 168 valence electrons. The number of ether oxygens (including phenoxy) is 2. The number of hydrogen-bond acceptors (Lipinski definition) is 8. The van der Waals surface area contributed by atoms with Crippen LogP contribution >= 0.6 is 0 Å². The molecular weight excluding hydrogens is 416 g/mol. The summed E-state index contributed by atoms with van der Waals surface area (Å²) < 4.78 is 16.8. The predicted molar refractivity (Wildman–Crippen MR) is 109 cm³/mol. The first-order valence-electron chi connectivity index (χ1n) is 10.7. The van der Waals surface area contributed by atoms with Gasteiger partial charge >= 0.3 is 0 Å². The van der Waals surface area contributed by atoms with Gasteiger partial charge in [-0.2, -0.15) is 0 Å². The zero-order valence-electron chi connectivity index (χ0n) is 17.5. The number of piperidine rings is 1. The quantitative estimate of drug-likeness (QED) is 0.658. The molecule has 4 heterocycles. The minimum atomic E-state index is -0.654. The number of aromatic nitrogens is 1. The average Bonchev–Trinajstić information content (AvgIpc) is 3.38. The van der Waals surface area contributed by atoms with Gasteiger partial charge in [0.2, 0.25) is 11.8 Å². The lowest BCUT2D eigenvalue weighted by Crippen LogP contribution is -2.52. The van der Waals surface area contributed by atoms with Crippen LogP contribution in [0.1, 0.15) is 40.2 Å². The van der Waals surface area contributed by atoms with Crippen LogP contribution in [0.15, 0.2) is 28.8 Å². The highest BCUT2D eigenvalue weighted by Crippen LogP contribution is 2.33. The molecule has 1 N–H and O–H groups in total. The SMILES string of the molecule is O=C1CCC(N2Cc3c(OCc4cc(CN5CCOCC5)on4)cccc3C2=O)C(=O)N1. The molecule has 5 rings (SSSR count). The van der Waals surface area contributed by atoms with Crippen LogP contribution in [-0.4, -0.2) is 65.0 Å². The van der Waals surface area contributed by atoms with E-state index >= 15 is 0 Å².